The fraction of sp³-hybridized carbons (Fsp3) is 0.308. The summed E-state index contributed by atoms with van der Waals surface area (Å²) in [5.41, 5.74) is 5.93. The van der Waals surface area contributed by atoms with Crippen LogP contribution in [0.4, 0.5) is 5.69 Å². The fourth-order valence-corrected chi connectivity index (χ4v) is 3.18. The second-order valence-corrected chi connectivity index (χ2v) is 7.37. The van der Waals surface area contributed by atoms with Gasteiger partial charge in [-0.2, -0.15) is 0 Å². The Kier molecular flexibility index (Phi) is 8.60. The molecule has 3 heteroatoms. The van der Waals surface area contributed by atoms with E-state index in [-0.39, 0.29) is 11.6 Å². The van der Waals surface area contributed by atoms with Crippen LogP contribution in [-0.4, -0.2) is 11.6 Å². The quantitative estimate of drug-likeness (QED) is 0.286. The molecule has 3 nitrogen and oxygen atoms in total. The summed E-state index contributed by atoms with van der Waals surface area (Å²) in [4.78, 5) is 12.5. The molecule has 29 heavy (non-hydrogen) atoms. The van der Waals surface area contributed by atoms with Gasteiger partial charge in [-0.1, -0.05) is 68.3 Å². The topological polar surface area (TPSA) is 53.0 Å². The molecule has 2 aromatic carbocycles. The minimum Gasteiger partial charge on any atom is -0.321 e. The molecule has 0 atom stereocenters. The number of benzene rings is 2. The molecule has 0 saturated heterocycles. The number of unbranched alkanes of at least 4 members (excludes halogenated alkanes) is 2. The zero-order chi connectivity index (χ0) is 21.2. The molecule has 0 unspecified atom stereocenters. The van der Waals surface area contributed by atoms with Crippen molar-refractivity contribution in [1.29, 1.82) is 5.41 Å². The SMILES string of the molecule is C/C=C\C(=C/CCCC)Cc1ccc(NC(=O)C(=N)c2cccc(C)c2C)cc1. The first kappa shape index (κ1) is 22.4. The van der Waals surface area contributed by atoms with Crippen molar-refractivity contribution >= 4 is 17.3 Å². The third kappa shape index (κ3) is 6.56. The summed E-state index contributed by atoms with van der Waals surface area (Å²) in [5, 5.41) is 11.1. The third-order valence-electron chi connectivity index (χ3n) is 5.07. The summed E-state index contributed by atoms with van der Waals surface area (Å²) in [6.45, 7) is 8.17. The minimum absolute atomic E-state index is 0.00972. The van der Waals surface area contributed by atoms with Gasteiger partial charge < -0.3 is 5.32 Å². The first-order valence-corrected chi connectivity index (χ1v) is 10.3. The van der Waals surface area contributed by atoms with Gasteiger partial charge in [0.25, 0.3) is 5.91 Å². The van der Waals surface area contributed by atoms with Gasteiger partial charge in [0.15, 0.2) is 0 Å². The van der Waals surface area contributed by atoms with E-state index in [0.717, 1.165) is 24.0 Å². The summed E-state index contributed by atoms with van der Waals surface area (Å²) in [6.07, 6.45) is 10.9. The van der Waals surface area contributed by atoms with Crippen molar-refractivity contribution in [2.24, 2.45) is 0 Å². The number of hydrogen-bond acceptors (Lipinski definition) is 2. The first-order chi connectivity index (χ1) is 14.0. The van der Waals surface area contributed by atoms with E-state index in [4.69, 9.17) is 5.41 Å². The molecule has 0 spiro atoms. The minimum atomic E-state index is -0.388. The van der Waals surface area contributed by atoms with Crippen LogP contribution in [0.3, 0.4) is 0 Å². The molecule has 0 bridgehead atoms. The molecule has 1 amide bonds. The number of anilines is 1. The number of aryl methyl sites for hydroxylation is 1. The first-order valence-electron chi connectivity index (χ1n) is 10.3. The molecule has 2 N–H and O–H groups in total. The smallest absolute Gasteiger partial charge is 0.274 e. The van der Waals surface area contributed by atoms with Crippen molar-refractivity contribution < 1.29 is 4.79 Å². The van der Waals surface area contributed by atoms with Crippen molar-refractivity contribution in [1.82, 2.24) is 0 Å². The molecule has 2 aromatic rings. The van der Waals surface area contributed by atoms with E-state index in [1.54, 1.807) is 0 Å². The van der Waals surface area contributed by atoms with E-state index in [2.05, 4.69) is 30.5 Å². The zero-order valence-electron chi connectivity index (χ0n) is 18.0. The van der Waals surface area contributed by atoms with Gasteiger partial charge in [-0.25, -0.2) is 0 Å². The van der Waals surface area contributed by atoms with Crippen LogP contribution < -0.4 is 5.32 Å². The Hall–Kier alpha value is -2.94. The van der Waals surface area contributed by atoms with E-state index >= 15 is 0 Å². The highest BCUT2D eigenvalue weighted by atomic mass is 16.1. The van der Waals surface area contributed by atoms with Crippen molar-refractivity contribution in [2.75, 3.05) is 5.32 Å². The number of carbonyl (C=O) groups excluding carboxylic acids is 1. The van der Waals surface area contributed by atoms with Crippen LogP contribution >= 0.6 is 0 Å². The van der Waals surface area contributed by atoms with E-state index < -0.39 is 0 Å². The van der Waals surface area contributed by atoms with Crippen molar-refractivity contribution in [2.45, 2.75) is 53.4 Å². The van der Waals surface area contributed by atoms with Gasteiger partial charge in [0.2, 0.25) is 0 Å². The van der Waals surface area contributed by atoms with Crippen molar-refractivity contribution in [3.05, 3.63) is 88.5 Å². The monoisotopic (exact) mass is 388 g/mol. The van der Waals surface area contributed by atoms with Crippen LogP contribution in [0.1, 0.15) is 55.4 Å². The average molecular weight is 389 g/mol. The highest BCUT2D eigenvalue weighted by Gasteiger charge is 2.15. The Bertz CT molecular complexity index is 905. The molecule has 0 heterocycles. The van der Waals surface area contributed by atoms with E-state index in [1.807, 2.05) is 63.2 Å². The molecular weight excluding hydrogens is 356 g/mol. The van der Waals surface area contributed by atoms with Crippen molar-refractivity contribution in [3.63, 3.8) is 0 Å². The molecule has 0 fully saturated rings. The number of rotatable bonds is 9. The molecule has 0 aliphatic rings. The Morgan fingerprint density at radius 1 is 1.10 bits per heavy atom. The lowest BCUT2D eigenvalue weighted by Crippen LogP contribution is -2.23. The van der Waals surface area contributed by atoms with Gasteiger partial charge in [-0.3, -0.25) is 10.2 Å². The normalized spacial score (nSPS) is 11.7. The second kappa shape index (κ2) is 11.2. The molecule has 152 valence electrons. The van der Waals surface area contributed by atoms with Crippen LogP contribution in [-0.2, 0) is 11.2 Å². The number of hydrogen-bond donors (Lipinski definition) is 2. The lowest BCUT2D eigenvalue weighted by Gasteiger charge is -2.11. The Labute approximate surface area is 175 Å². The number of carbonyl (C=O) groups is 1. The maximum absolute atomic E-state index is 12.5. The summed E-state index contributed by atoms with van der Waals surface area (Å²) in [7, 11) is 0. The molecule has 0 aliphatic heterocycles. The molecular formula is C26H32N2O. The average Bonchev–Trinajstić information content (AvgIpc) is 2.71. The van der Waals surface area contributed by atoms with Crippen LogP contribution in [0.15, 0.2) is 66.3 Å². The van der Waals surface area contributed by atoms with Gasteiger partial charge >= 0.3 is 0 Å². The zero-order valence-corrected chi connectivity index (χ0v) is 18.0. The van der Waals surface area contributed by atoms with Crippen LogP contribution in [0.2, 0.25) is 0 Å². The Morgan fingerprint density at radius 3 is 2.48 bits per heavy atom. The molecule has 0 saturated carbocycles. The second-order valence-electron chi connectivity index (χ2n) is 7.37. The van der Waals surface area contributed by atoms with Crippen LogP contribution in [0.25, 0.3) is 0 Å². The summed E-state index contributed by atoms with van der Waals surface area (Å²) in [6, 6.07) is 13.6. The number of nitrogens with one attached hydrogen (secondary N) is 2. The largest absolute Gasteiger partial charge is 0.321 e. The number of amides is 1. The highest BCUT2D eigenvalue weighted by molar-refractivity contribution is 6.48. The summed E-state index contributed by atoms with van der Waals surface area (Å²) in [5.74, 6) is -0.388. The number of allylic oxidation sites excluding steroid dienone is 4. The van der Waals surface area contributed by atoms with E-state index in [9.17, 15) is 4.79 Å². The van der Waals surface area contributed by atoms with Crippen LogP contribution in [0, 0.1) is 19.3 Å². The molecule has 2 rings (SSSR count). The lowest BCUT2D eigenvalue weighted by atomic mass is 9.99. The predicted octanol–water partition coefficient (Wildman–Crippen LogP) is 6.55. The highest BCUT2D eigenvalue weighted by Crippen LogP contribution is 2.17. The maximum atomic E-state index is 12.5. The summed E-state index contributed by atoms with van der Waals surface area (Å²) >= 11 is 0. The Morgan fingerprint density at radius 2 is 1.83 bits per heavy atom. The van der Waals surface area contributed by atoms with Gasteiger partial charge in [-0.15, -0.1) is 0 Å². The standard InChI is InChI=1S/C26H32N2O/c1-5-7-8-12-21(10-6-2)18-22-14-16-23(17-15-22)28-26(29)25(27)24-13-9-11-19(3)20(24)4/h6,9-17,27H,5,7-8,18H2,1-4H3,(H,28,29)/b10-6-,21-12+,27-25?. The van der Waals surface area contributed by atoms with Gasteiger partial charge in [0.1, 0.15) is 5.71 Å². The Balaban J connectivity index is 2.04. The molecule has 0 radical (unpaired) electrons. The summed E-state index contributed by atoms with van der Waals surface area (Å²) < 4.78 is 0. The van der Waals surface area contributed by atoms with Gasteiger partial charge in [-0.05, 0) is 68.0 Å². The van der Waals surface area contributed by atoms with Crippen LogP contribution in [0.5, 0.6) is 0 Å². The molecule has 0 aliphatic carbocycles. The van der Waals surface area contributed by atoms with E-state index in [1.165, 1.54) is 24.0 Å². The maximum Gasteiger partial charge on any atom is 0.274 e. The van der Waals surface area contributed by atoms with Gasteiger partial charge in [0.05, 0.1) is 0 Å². The third-order valence-corrected chi connectivity index (χ3v) is 5.07. The van der Waals surface area contributed by atoms with Gasteiger partial charge in [0, 0.05) is 11.3 Å². The van der Waals surface area contributed by atoms with E-state index in [0.29, 0.717) is 11.3 Å². The van der Waals surface area contributed by atoms with Crippen molar-refractivity contribution in [3.8, 4) is 0 Å². The lowest BCUT2D eigenvalue weighted by molar-refractivity contribution is -0.110. The fourth-order valence-electron chi connectivity index (χ4n) is 3.18. The predicted molar refractivity (Wildman–Crippen MR) is 124 cm³/mol. The molecule has 0 aromatic heterocycles.